The van der Waals surface area contributed by atoms with Gasteiger partial charge in [-0.25, -0.2) is 0 Å². The molecule has 1 heterocycles. The molecule has 0 saturated carbocycles. The quantitative estimate of drug-likeness (QED) is 0.187. The number of amides is 2. The smallest absolute Gasteiger partial charge is 0.308 e. The summed E-state index contributed by atoms with van der Waals surface area (Å²) in [6, 6.07) is 14.4. The summed E-state index contributed by atoms with van der Waals surface area (Å²) in [6.45, 7) is 0.792. The lowest BCUT2D eigenvalue weighted by atomic mass is 10.1. The predicted molar refractivity (Wildman–Crippen MR) is 132 cm³/mol. The number of ether oxygens (including phenoxy) is 1. The number of nitro groups is 1. The van der Waals surface area contributed by atoms with Gasteiger partial charge in [0.1, 0.15) is 6.04 Å². The standard InChI is InChI=1S/C24H24N4O6S/c29-21(10-9-18-7-4-8-19(15-18)28(32)33)26-24(35)27-13-12-25-23(31)20(27)16-22(30)34-14-11-17-5-2-1-3-6-17/h1-10,15,20H,11-14,16H2,(H,25,31)(H,26,29,35)/b10-9+. The predicted octanol–water partition coefficient (Wildman–Crippen LogP) is 1.99. The van der Waals surface area contributed by atoms with Crippen molar-refractivity contribution in [3.8, 4) is 0 Å². The fraction of sp³-hybridized carbons (Fsp3) is 0.250. The number of nitro benzene ring substituents is 1. The number of nitrogens with zero attached hydrogens (tertiary/aromatic N) is 2. The van der Waals surface area contributed by atoms with E-state index in [1.54, 1.807) is 6.07 Å². The zero-order valence-electron chi connectivity index (χ0n) is 18.7. The summed E-state index contributed by atoms with van der Waals surface area (Å²) in [6.07, 6.45) is 2.93. The van der Waals surface area contributed by atoms with Crippen LogP contribution in [0.25, 0.3) is 6.08 Å². The van der Waals surface area contributed by atoms with Gasteiger partial charge >= 0.3 is 5.97 Å². The van der Waals surface area contributed by atoms with E-state index in [1.165, 1.54) is 35.3 Å². The van der Waals surface area contributed by atoms with Crippen LogP contribution in [0.4, 0.5) is 5.69 Å². The Hall–Kier alpha value is -4.12. The molecule has 0 bridgehead atoms. The number of thiocarbonyl (C=S) groups is 1. The second-order valence-electron chi connectivity index (χ2n) is 7.64. The van der Waals surface area contributed by atoms with E-state index in [4.69, 9.17) is 17.0 Å². The summed E-state index contributed by atoms with van der Waals surface area (Å²) in [5.41, 5.74) is 1.40. The van der Waals surface area contributed by atoms with Gasteiger partial charge in [0, 0.05) is 37.7 Å². The molecule has 1 fully saturated rings. The molecule has 182 valence electrons. The van der Waals surface area contributed by atoms with E-state index >= 15 is 0 Å². The van der Waals surface area contributed by atoms with Gasteiger partial charge in [-0.15, -0.1) is 0 Å². The van der Waals surface area contributed by atoms with Crippen LogP contribution in [-0.2, 0) is 25.5 Å². The average molecular weight is 497 g/mol. The Balaban J connectivity index is 1.54. The Morgan fingerprint density at radius 3 is 2.74 bits per heavy atom. The van der Waals surface area contributed by atoms with Gasteiger partial charge in [0.15, 0.2) is 5.11 Å². The van der Waals surface area contributed by atoms with Gasteiger partial charge in [0.25, 0.3) is 5.69 Å². The topological polar surface area (TPSA) is 131 Å². The lowest BCUT2D eigenvalue weighted by molar-refractivity contribution is -0.384. The molecule has 1 aliphatic heterocycles. The molecule has 3 rings (SSSR count). The largest absolute Gasteiger partial charge is 0.465 e. The van der Waals surface area contributed by atoms with Crippen molar-refractivity contribution in [1.82, 2.24) is 15.5 Å². The molecule has 1 saturated heterocycles. The Kier molecular flexibility index (Phi) is 9.02. The fourth-order valence-corrected chi connectivity index (χ4v) is 3.76. The Morgan fingerprint density at radius 2 is 2.00 bits per heavy atom. The van der Waals surface area contributed by atoms with Crippen LogP contribution in [0.5, 0.6) is 0 Å². The maximum Gasteiger partial charge on any atom is 0.308 e. The van der Waals surface area contributed by atoms with Crippen LogP contribution in [0.1, 0.15) is 17.5 Å². The third kappa shape index (κ3) is 7.71. The molecule has 0 aromatic heterocycles. The minimum atomic E-state index is -0.915. The van der Waals surface area contributed by atoms with Crippen LogP contribution in [0.15, 0.2) is 60.7 Å². The van der Waals surface area contributed by atoms with Gasteiger partial charge in [0.2, 0.25) is 11.8 Å². The maximum absolute atomic E-state index is 12.4. The minimum Gasteiger partial charge on any atom is -0.465 e. The number of rotatable bonds is 8. The summed E-state index contributed by atoms with van der Waals surface area (Å²) in [5, 5.41) is 16.1. The zero-order valence-corrected chi connectivity index (χ0v) is 19.5. The van der Waals surface area contributed by atoms with Gasteiger partial charge in [-0.2, -0.15) is 0 Å². The maximum atomic E-state index is 12.4. The van der Waals surface area contributed by atoms with Crippen molar-refractivity contribution in [1.29, 1.82) is 0 Å². The van der Waals surface area contributed by atoms with Crippen molar-refractivity contribution in [2.45, 2.75) is 18.9 Å². The highest BCUT2D eigenvalue weighted by atomic mass is 32.1. The molecule has 0 radical (unpaired) electrons. The molecule has 2 aromatic carbocycles. The van der Waals surface area contributed by atoms with Gasteiger partial charge in [0.05, 0.1) is 18.0 Å². The number of non-ortho nitro benzene ring substituents is 1. The Bertz CT molecular complexity index is 1140. The molecule has 2 N–H and O–H groups in total. The normalized spacial score (nSPS) is 15.4. The Labute approximate surface area is 207 Å². The van der Waals surface area contributed by atoms with Crippen molar-refractivity contribution in [3.63, 3.8) is 0 Å². The van der Waals surface area contributed by atoms with Crippen LogP contribution in [-0.4, -0.2) is 58.5 Å². The number of piperazine rings is 1. The molecule has 0 spiro atoms. The Morgan fingerprint density at radius 1 is 1.23 bits per heavy atom. The van der Waals surface area contributed by atoms with Gasteiger partial charge < -0.3 is 15.0 Å². The molecule has 35 heavy (non-hydrogen) atoms. The van der Waals surface area contributed by atoms with Crippen LogP contribution in [0.2, 0.25) is 0 Å². The molecule has 2 aromatic rings. The van der Waals surface area contributed by atoms with Crippen LogP contribution >= 0.6 is 12.2 Å². The number of hydrogen-bond acceptors (Lipinski definition) is 7. The van der Waals surface area contributed by atoms with E-state index in [9.17, 15) is 24.5 Å². The molecular formula is C24H24N4O6S. The molecule has 1 aliphatic rings. The second-order valence-corrected chi connectivity index (χ2v) is 8.03. The van der Waals surface area contributed by atoms with E-state index in [2.05, 4.69) is 10.6 Å². The second kappa shape index (κ2) is 12.4. The number of hydrogen-bond donors (Lipinski definition) is 2. The number of esters is 1. The number of nitrogens with one attached hydrogen (secondary N) is 2. The van der Waals surface area contributed by atoms with E-state index in [0.717, 1.165) is 5.56 Å². The lowest BCUT2D eigenvalue weighted by Crippen LogP contribution is -2.60. The van der Waals surface area contributed by atoms with Crippen LogP contribution < -0.4 is 10.6 Å². The lowest BCUT2D eigenvalue weighted by Gasteiger charge is -2.36. The fourth-order valence-electron chi connectivity index (χ4n) is 3.44. The van der Waals surface area contributed by atoms with E-state index in [-0.39, 0.29) is 29.7 Å². The van der Waals surface area contributed by atoms with Crippen LogP contribution in [0, 0.1) is 10.1 Å². The highest BCUT2D eigenvalue weighted by molar-refractivity contribution is 7.80. The molecule has 1 atom stereocenters. The monoisotopic (exact) mass is 496 g/mol. The van der Waals surface area contributed by atoms with Gasteiger partial charge in [-0.1, -0.05) is 42.5 Å². The van der Waals surface area contributed by atoms with Gasteiger partial charge in [-0.05, 0) is 29.4 Å². The summed E-state index contributed by atoms with van der Waals surface area (Å²) < 4.78 is 5.28. The summed E-state index contributed by atoms with van der Waals surface area (Å²) in [7, 11) is 0. The number of benzene rings is 2. The first-order valence-electron chi connectivity index (χ1n) is 10.8. The zero-order chi connectivity index (χ0) is 25.2. The first kappa shape index (κ1) is 25.5. The van der Waals surface area contributed by atoms with E-state index in [0.29, 0.717) is 25.1 Å². The van der Waals surface area contributed by atoms with Crippen molar-refractivity contribution < 1.29 is 24.0 Å². The highest BCUT2D eigenvalue weighted by Crippen LogP contribution is 2.14. The third-order valence-corrected chi connectivity index (χ3v) is 5.52. The van der Waals surface area contributed by atoms with Crippen molar-refractivity contribution in [2.24, 2.45) is 0 Å². The first-order valence-corrected chi connectivity index (χ1v) is 11.3. The molecular weight excluding hydrogens is 472 g/mol. The number of carbonyl (C=O) groups is 3. The molecule has 1 unspecified atom stereocenters. The van der Waals surface area contributed by atoms with Gasteiger partial charge in [-0.3, -0.25) is 29.8 Å². The van der Waals surface area contributed by atoms with E-state index in [1.807, 2.05) is 30.3 Å². The number of carbonyl (C=O) groups excluding carboxylic acids is 3. The van der Waals surface area contributed by atoms with Crippen LogP contribution in [0.3, 0.4) is 0 Å². The molecule has 2 amide bonds. The first-order chi connectivity index (χ1) is 16.8. The SMILES string of the molecule is O=C(/C=C/c1cccc([N+](=O)[O-])c1)NC(=S)N1CCNC(=O)C1CC(=O)OCCc1ccccc1. The highest BCUT2D eigenvalue weighted by Gasteiger charge is 2.34. The van der Waals surface area contributed by atoms with Crippen molar-refractivity contribution in [2.75, 3.05) is 19.7 Å². The molecule has 0 aliphatic carbocycles. The molecule has 11 heteroatoms. The van der Waals surface area contributed by atoms with Crippen molar-refractivity contribution in [3.05, 3.63) is 81.9 Å². The average Bonchev–Trinajstić information content (AvgIpc) is 2.84. The summed E-state index contributed by atoms with van der Waals surface area (Å²) in [5.74, 6) is -1.51. The molecule has 10 nitrogen and oxygen atoms in total. The third-order valence-electron chi connectivity index (χ3n) is 5.19. The minimum absolute atomic E-state index is 0.00405. The van der Waals surface area contributed by atoms with E-state index < -0.39 is 22.8 Å². The summed E-state index contributed by atoms with van der Waals surface area (Å²) in [4.78, 5) is 48.9. The van der Waals surface area contributed by atoms with Crippen molar-refractivity contribution >= 4 is 46.9 Å². The summed E-state index contributed by atoms with van der Waals surface area (Å²) >= 11 is 5.31.